The average molecular weight is 763 g/mol. The van der Waals surface area contributed by atoms with Crippen LogP contribution < -0.4 is 0 Å². The lowest BCUT2D eigenvalue weighted by Gasteiger charge is -2.36. The van der Waals surface area contributed by atoms with Crippen molar-refractivity contribution in [2.75, 3.05) is 13.2 Å². The first-order valence-corrected chi connectivity index (χ1v) is 24.9. The minimum absolute atomic E-state index is 0.263. The molecule has 0 saturated carbocycles. The number of hydrogen-bond acceptors (Lipinski definition) is 4. The van der Waals surface area contributed by atoms with Crippen LogP contribution in [-0.4, -0.2) is 18.3 Å². The summed E-state index contributed by atoms with van der Waals surface area (Å²) in [7, 11) is -3.47. The van der Waals surface area contributed by atoms with E-state index in [1.807, 2.05) is 19.1 Å². The van der Waals surface area contributed by atoms with Crippen LogP contribution in [0.15, 0.2) is 18.2 Å². The normalized spacial score (nSPS) is 12.9. The van der Waals surface area contributed by atoms with Gasteiger partial charge in [0.25, 0.3) is 0 Å². The highest BCUT2D eigenvalue weighted by Crippen LogP contribution is 2.67. The Labute approximate surface area is 331 Å². The van der Waals surface area contributed by atoms with Crippen LogP contribution in [0.3, 0.4) is 0 Å². The van der Waals surface area contributed by atoms with E-state index in [9.17, 15) is 9.67 Å². The quantitative estimate of drug-likeness (QED) is 0.0538. The predicted molar refractivity (Wildman–Crippen MR) is 234 cm³/mol. The van der Waals surface area contributed by atoms with Crippen molar-refractivity contribution in [3.8, 4) is 5.75 Å². The molecule has 0 aliphatic carbocycles. The van der Waals surface area contributed by atoms with Gasteiger partial charge in [-0.15, -0.1) is 0 Å². The third-order valence-corrected chi connectivity index (χ3v) is 14.0. The van der Waals surface area contributed by atoms with E-state index >= 15 is 0 Å². The molecule has 1 aromatic rings. The second kappa shape index (κ2) is 33.3. The minimum atomic E-state index is -3.47. The third kappa shape index (κ3) is 26.6. The Hall–Kier alpha value is -0.830. The summed E-state index contributed by atoms with van der Waals surface area (Å²) in [6, 6.07) is 5.59. The largest absolute Gasteiger partial charge is 0.508 e. The van der Waals surface area contributed by atoms with E-state index in [2.05, 4.69) is 34.6 Å². The van der Waals surface area contributed by atoms with Crippen molar-refractivity contribution in [2.45, 2.75) is 253 Å². The van der Waals surface area contributed by atoms with Gasteiger partial charge in [0.05, 0.1) is 18.9 Å². The minimum Gasteiger partial charge on any atom is -0.508 e. The number of phenols is 1. The van der Waals surface area contributed by atoms with Crippen molar-refractivity contribution in [3.05, 3.63) is 29.3 Å². The van der Waals surface area contributed by atoms with E-state index in [-0.39, 0.29) is 11.2 Å². The molecule has 0 aliphatic heterocycles. The van der Waals surface area contributed by atoms with Crippen LogP contribution in [0, 0.1) is 12.3 Å². The van der Waals surface area contributed by atoms with E-state index in [1.165, 1.54) is 180 Å². The fourth-order valence-electron chi connectivity index (χ4n) is 7.88. The molecule has 53 heavy (non-hydrogen) atoms. The number of benzene rings is 1. The van der Waals surface area contributed by atoms with Crippen LogP contribution in [-0.2, 0) is 13.6 Å². The lowest BCUT2D eigenvalue weighted by Crippen LogP contribution is -2.22. The summed E-state index contributed by atoms with van der Waals surface area (Å²) in [4.78, 5) is 0. The maximum atomic E-state index is 14.8. The molecule has 0 heterocycles. The van der Waals surface area contributed by atoms with Gasteiger partial charge in [0.1, 0.15) is 5.75 Å². The van der Waals surface area contributed by atoms with Crippen molar-refractivity contribution in [2.24, 2.45) is 5.41 Å². The predicted octanol–water partition coefficient (Wildman–Crippen LogP) is 17.5. The number of aromatic hydroxyl groups is 1. The molecule has 0 saturated heterocycles. The third-order valence-electron chi connectivity index (χ3n) is 11.2. The molecule has 1 unspecified atom stereocenters. The Bertz CT molecular complexity index is 960. The van der Waals surface area contributed by atoms with E-state index < -0.39 is 13.3 Å². The highest BCUT2D eigenvalue weighted by atomic mass is 31.2. The van der Waals surface area contributed by atoms with Gasteiger partial charge in [-0.05, 0) is 42.4 Å². The zero-order valence-electron chi connectivity index (χ0n) is 36.5. The number of aryl methyl sites for hydroxylation is 1. The molecule has 1 aromatic carbocycles. The molecule has 312 valence electrons. The highest BCUT2D eigenvalue weighted by molar-refractivity contribution is 7.54. The van der Waals surface area contributed by atoms with Crippen LogP contribution in [0.5, 0.6) is 5.75 Å². The summed E-state index contributed by atoms with van der Waals surface area (Å²) < 4.78 is 27.5. The van der Waals surface area contributed by atoms with Crippen LogP contribution in [0.1, 0.15) is 257 Å². The number of phenolic OH excluding ortho intramolecular Hbond substituents is 1. The fraction of sp³-hybridized carbons (Fsp3) is 0.875. The molecule has 1 atom stereocenters. The Morgan fingerprint density at radius 2 is 0.792 bits per heavy atom. The van der Waals surface area contributed by atoms with Crippen LogP contribution >= 0.6 is 7.60 Å². The highest BCUT2D eigenvalue weighted by Gasteiger charge is 2.45. The molecule has 1 rings (SSSR count). The summed E-state index contributed by atoms with van der Waals surface area (Å²) in [5, 5.41) is 10.2. The first kappa shape index (κ1) is 50.2. The standard InChI is InChI=1S/C48H91O4P/c1-7-9-11-13-15-17-19-21-23-25-27-29-31-33-35-37-41-51-53(50,47(48(4,5)6)45-39-40-46(49)44(3)43-45)52-42-38-36-34-32-30-28-26-24-22-20-18-16-14-12-10-8-2/h39-40,43,47,49H,7-38,41-42H2,1-6H3. The fourth-order valence-corrected chi connectivity index (χ4v) is 10.5. The SMILES string of the molecule is CCCCCCCCCCCCCCCCCCOP(=O)(OCCCCCCCCCCCCCCCCCC)C(c1ccc(O)c(C)c1)C(C)(C)C. The Balaban J connectivity index is 2.39. The Kier molecular flexibility index (Phi) is 31.6. The van der Waals surface area contributed by atoms with Crippen LogP contribution in [0.2, 0.25) is 0 Å². The van der Waals surface area contributed by atoms with Crippen molar-refractivity contribution in [3.63, 3.8) is 0 Å². The lowest BCUT2D eigenvalue weighted by atomic mass is 9.87. The zero-order valence-corrected chi connectivity index (χ0v) is 37.4. The van der Waals surface area contributed by atoms with Gasteiger partial charge in [-0.3, -0.25) is 4.57 Å². The first-order valence-electron chi connectivity index (χ1n) is 23.3. The molecular formula is C48H91O4P. The summed E-state index contributed by atoms with van der Waals surface area (Å²) in [6.45, 7) is 13.8. The number of rotatable bonds is 38. The monoisotopic (exact) mass is 763 g/mol. The smallest absolute Gasteiger partial charge is 0.338 e. The lowest BCUT2D eigenvalue weighted by molar-refractivity contribution is 0.174. The molecule has 0 fully saturated rings. The van der Waals surface area contributed by atoms with Crippen molar-refractivity contribution in [1.29, 1.82) is 0 Å². The van der Waals surface area contributed by atoms with Gasteiger partial charge in [0.15, 0.2) is 0 Å². The number of unbranched alkanes of at least 4 members (excludes halogenated alkanes) is 30. The van der Waals surface area contributed by atoms with Crippen LogP contribution in [0.4, 0.5) is 0 Å². The van der Waals surface area contributed by atoms with Gasteiger partial charge < -0.3 is 14.2 Å². The maximum absolute atomic E-state index is 14.8. The molecule has 0 bridgehead atoms. The second-order valence-electron chi connectivity index (χ2n) is 17.6. The topological polar surface area (TPSA) is 55.8 Å². The summed E-state index contributed by atoms with van der Waals surface area (Å²) in [5.74, 6) is 0.263. The molecule has 4 nitrogen and oxygen atoms in total. The molecule has 5 heteroatoms. The molecule has 0 aromatic heterocycles. The van der Waals surface area contributed by atoms with Crippen molar-refractivity contribution < 1.29 is 18.7 Å². The molecule has 0 spiro atoms. The molecule has 0 amide bonds. The van der Waals surface area contributed by atoms with Crippen molar-refractivity contribution in [1.82, 2.24) is 0 Å². The van der Waals surface area contributed by atoms with E-state index in [4.69, 9.17) is 9.05 Å². The summed E-state index contributed by atoms with van der Waals surface area (Å²) in [6.07, 6.45) is 42.5. The summed E-state index contributed by atoms with van der Waals surface area (Å²) >= 11 is 0. The molecule has 0 radical (unpaired) electrons. The van der Waals surface area contributed by atoms with Crippen molar-refractivity contribution >= 4 is 7.60 Å². The van der Waals surface area contributed by atoms with Gasteiger partial charge in [0, 0.05) is 0 Å². The second-order valence-corrected chi connectivity index (χ2v) is 19.7. The van der Waals surface area contributed by atoms with E-state index in [0.29, 0.717) is 13.2 Å². The molecule has 0 aliphatic rings. The van der Waals surface area contributed by atoms with Gasteiger partial charge in [-0.1, -0.05) is 239 Å². The van der Waals surface area contributed by atoms with Crippen LogP contribution in [0.25, 0.3) is 0 Å². The van der Waals surface area contributed by atoms with E-state index in [1.54, 1.807) is 6.07 Å². The average Bonchev–Trinajstić information content (AvgIpc) is 3.12. The molecule has 1 N–H and O–H groups in total. The van der Waals surface area contributed by atoms with E-state index in [0.717, 1.165) is 36.8 Å². The summed E-state index contributed by atoms with van der Waals surface area (Å²) in [5.41, 5.74) is 0.993. The van der Waals surface area contributed by atoms with Gasteiger partial charge in [-0.2, -0.15) is 0 Å². The zero-order chi connectivity index (χ0) is 38.9. The Morgan fingerprint density at radius 3 is 1.06 bits per heavy atom. The van der Waals surface area contributed by atoms with Gasteiger partial charge >= 0.3 is 7.60 Å². The molecular weight excluding hydrogens is 671 g/mol. The Morgan fingerprint density at radius 1 is 0.509 bits per heavy atom. The maximum Gasteiger partial charge on any atom is 0.338 e. The van der Waals surface area contributed by atoms with Gasteiger partial charge in [-0.25, -0.2) is 0 Å². The number of hydrogen-bond donors (Lipinski definition) is 1. The first-order chi connectivity index (χ1) is 25.7. The van der Waals surface area contributed by atoms with Gasteiger partial charge in [0.2, 0.25) is 0 Å².